The summed E-state index contributed by atoms with van der Waals surface area (Å²) in [6.45, 7) is 2.28. The first-order valence-electron chi connectivity index (χ1n) is 6.58. The number of rotatable bonds is 6. The van der Waals surface area contributed by atoms with Crippen molar-refractivity contribution in [3.8, 4) is 0 Å². The van der Waals surface area contributed by atoms with Crippen LogP contribution in [0.15, 0.2) is 18.2 Å². The lowest BCUT2D eigenvalue weighted by atomic mass is 9.91. The van der Waals surface area contributed by atoms with Gasteiger partial charge in [0.1, 0.15) is 0 Å². The predicted molar refractivity (Wildman–Crippen MR) is 68.1 cm³/mol. The van der Waals surface area contributed by atoms with Gasteiger partial charge in [0.25, 0.3) is 0 Å². The van der Waals surface area contributed by atoms with Crippen molar-refractivity contribution in [3.63, 3.8) is 0 Å². The van der Waals surface area contributed by atoms with Crippen molar-refractivity contribution in [2.24, 2.45) is 5.73 Å². The SMILES string of the molecule is NCCCN(Cc1ccc(F)c(F)c1)C1CCC1. The van der Waals surface area contributed by atoms with Gasteiger partial charge in [-0.2, -0.15) is 0 Å². The summed E-state index contributed by atoms with van der Waals surface area (Å²) < 4.78 is 26.0. The molecule has 0 aromatic heterocycles. The molecule has 18 heavy (non-hydrogen) atoms. The molecule has 2 rings (SSSR count). The molecule has 1 aromatic carbocycles. The van der Waals surface area contributed by atoms with Crippen molar-refractivity contribution in [2.45, 2.75) is 38.3 Å². The van der Waals surface area contributed by atoms with Crippen LogP contribution in [0.4, 0.5) is 8.78 Å². The minimum atomic E-state index is -0.782. The first-order valence-corrected chi connectivity index (χ1v) is 6.58. The van der Waals surface area contributed by atoms with E-state index in [0.29, 0.717) is 19.1 Å². The first kappa shape index (κ1) is 13.4. The molecule has 0 atom stereocenters. The molecule has 0 bridgehead atoms. The maximum atomic E-state index is 13.2. The highest BCUT2D eigenvalue weighted by atomic mass is 19.2. The second-order valence-electron chi connectivity index (χ2n) is 4.95. The van der Waals surface area contributed by atoms with E-state index in [-0.39, 0.29) is 0 Å². The van der Waals surface area contributed by atoms with Gasteiger partial charge in [0.05, 0.1) is 0 Å². The van der Waals surface area contributed by atoms with Crippen LogP contribution in [-0.4, -0.2) is 24.0 Å². The van der Waals surface area contributed by atoms with Crippen molar-refractivity contribution in [1.82, 2.24) is 4.90 Å². The average molecular weight is 254 g/mol. The molecule has 2 N–H and O–H groups in total. The highest BCUT2D eigenvalue weighted by molar-refractivity contribution is 5.17. The lowest BCUT2D eigenvalue weighted by Crippen LogP contribution is -2.40. The van der Waals surface area contributed by atoms with Crippen LogP contribution in [0.25, 0.3) is 0 Å². The highest BCUT2D eigenvalue weighted by Crippen LogP contribution is 2.26. The van der Waals surface area contributed by atoms with Gasteiger partial charge in [0.2, 0.25) is 0 Å². The molecule has 0 heterocycles. The number of hydrogen-bond donors (Lipinski definition) is 1. The summed E-state index contributed by atoms with van der Waals surface area (Å²) in [6, 6.07) is 4.74. The van der Waals surface area contributed by atoms with Gasteiger partial charge in [-0.15, -0.1) is 0 Å². The topological polar surface area (TPSA) is 29.3 Å². The Morgan fingerprint density at radius 1 is 1.22 bits per heavy atom. The van der Waals surface area contributed by atoms with Crippen molar-refractivity contribution < 1.29 is 8.78 Å². The van der Waals surface area contributed by atoms with Crippen LogP contribution in [-0.2, 0) is 6.54 Å². The highest BCUT2D eigenvalue weighted by Gasteiger charge is 2.24. The summed E-state index contributed by atoms with van der Waals surface area (Å²) in [5.41, 5.74) is 6.37. The molecule has 1 saturated carbocycles. The maximum absolute atomic E-state index is 13.2. The van der Waals surface area contributed by atoms with E-state index in [4.69, 9.17) is 5.73 Å². The van der Waals surface area contributed by atoms with Crippen LogP contribution in [0.5, 0.6) is 0 Å². The molecule has 100 valence electrons. The predicted octanol–water partition coefficient (Wildman–Crippen LogP) is 2.67. The summed E-state index contributed by atoms with van der Waals surface area (Å²) in [5.74, 6) is -1.55. The van der Waals surface area contributed by atoms with E-state index in [9.17, 15) is 8.78 Å². The zero-order valence-electron chi connectivity index (χ0n) is 10.5. The number of halogens is 2. The quantitative estimate of drug-likeness (QED) is 0.845. The van der Waals surface area contributed by atoms with Crippen LogP contribution in [0.2, 0.25) is 0 Å². The molecule has 1 fully saturated rings. The number of nitrogens with zero attached hydrogens (tertiary/aromatic N) is 1. The minimum absolute atomic E-state index is 0.588. The molecule has 0 unspecified atom stereocenters. The molecule has 0 amide bonds. The first-order chi connectivity index (χ1) is 8.70. The molecular formula is C14H20F2N2. The fraction of sp³-hybridized carbons (Fsp3) is 0.571. The summed E-state index contributed by atoms with van der Waals surface area (Å²) in [4.78, 5) is 2.34. The zero-order chi connectivity index (χ0) is 13.0. The molecule has 2 nitrogen and oxygen atoms in total. The molecule has 0 radical (unpaired) electrons. The molecule has 4 heteroatoms. The molecule has 1 aliphatic carbocycles. The number of hydrogen-bond acceptors (Lipinski definition) is 2. The van der Waals surface area contributed by atoms with E-state index in [0.717, 1.165) is 18.5 Å². The van der Waals surface area contributed by atoms with Gasteiger partial charge >= 0.3 is 0 Å². The summed E-state index contributed by atoms with van der Waals surface area (Å²) in [7, 11) is 0. The maximum Gasteiger partial charge on any atom is 0.159 e. The second kappa shape index (κ2) is 6.25. The Morgan fingerprint density at radius 2 is 2.00 bits per heavy atom. The molecule has 1 aromatic rings. The normalized spacial score (nSPS) is 16.0. The Bertz CT molecular complexity index is 391. The van der Waals surface area contributed by atoms with Crippen LogP contribution in [0, 0.1) is 11.6 Å². The van der Waals surface area contributed by atoms with E-state index in [2.05, 4.69) is 4.90 Å². The van der Waals surface area contributed by atoms with Crippen LogP contribution < -0.4 is 5.73 Å². The van der Waals surface area contributed by atoms with Crippen molar-refractivity contribution in [3.05, 3.63) is 35.4 Å². The monoisotopic (exact) mass is 254 g/mol. The summed E-state index contributed by atoms with van der Waals surface area (Å²) in [5, 5.41) is 0. The van der Waals surface area contributed by atoms with E-state index >= 15 is 0 Å². The summed E-state index contributed by atoms with van der Waals surface area (Å²) in [6.07, 6.45) is 4.62. The fourth-order valence-electron chi connectivity index (χ4n) is 2.31. The third-order valence-corrected chi connectivity index (χ3v) is 3.61. The smallest absolute Gasteiger partial charge is 0.159 e. The average Bonchev–Trinajstić information content (AvgIpc) is 2.28. The Balaban J connectivity index is 1.99. The van der Waals surface area contributed by atoms with E-state index in [1.54, 1.807) is 6.07 Å². The minimum Gasteiger partial charge on any atom is -0.330 e. The van der Waals surface area contributed by atoms with Crippen molar-refractivity contribution in [1.29, 1.82) is 0 Å². The zero-order valence-corrected chi connectivity index (χ0v) is 10.5. The lowest BCUT2D eigenvalue weighted by Gasteiger charge is -2.37. The van der Waals surface area contributed by atoms with Crippen molar-refractivity contribution >= 4 is 0 Å². The third kappa shape index (κ3) is 3.27. The molecular weight excluding hydrogens is 234 g/mol. The second-order valence-corrected chi connectivity index (χ2v) is 4.95. The van der Waals surface area contributed by atoms with Crippen LogP contribution in [0.1, 0.15) is 31.2 Å². The van der Waals surface area contributed by atoms with E-state index in [1.807, 2.05) is 0 Å². The fourth-order valence-corrected chi connectivity index (χ4v) is 2.31. The number of benzene rings is 1. The Labute approximate surface area is 107 Å². The standard InChI is InChI=1S/C14H20F2N2/c15-13-6-5-11(9-14(13)16)10-18(8-2-7-17)12-3-1-4-12/h5-6,9,12H,1-4,7-8,10,17H2. The molecule has 0 aliphatic heterocycles. The molecule has 1 aliphatic rings. The van der Waals surface area contributed by atoms with E-state index < -0.39 is 11.6 Å². The van der Waals surface area contributed by atoms with Crippen LogP contribution in [0.3, 0.4) is 0 Å². The van der Waals surface area contributed by atoms with Crippen LogP contribution >= 0.6 is 0 Å². The Hall–Kier alpha value is -1.00. The molecule has 0 spiro atoms. The van der Waals surface area contributed by atoms with E-state index in [1.165, 1.54) is 31.4 Å². The van der Waals surface area contributed by atoms with Gasteiger partial charge in [-0.05, 0) is 50.0 Å². The number of nitrogens with two attached hydrogens (primary N) is 1. The van der Waals surface area contributed by atoms with Gasteiger partial charge in [-0.25, -0.2) is 8.78 Å². The van der Waals surface area contributed by atoms with Gasteiger partial charge in [-0.3, -0.25) is 4.90 Å². The summed E-state index contributed by atoms with van der Waals surface area (Å²) >= 11 is 0. The van der Waals surface area contributed by atoms with Gasteiger partial charge in [0, 0.05) is 12.6 Å². The third-order valence-electron chi connectivity index (χ3n) is 3.61. The largest absolute Gasteiger partial charge is 0.330 e. The lowest BCUT2D eigenvalue weighted by molar-refractivity contribution is 0.118. The Morgan fingerprint density at radius 3 is 2.56 bits per heavy atom. The van der Waals surface area contributed by atoms with Crippen molar-refractivity contribution in [2.75, 3.05) is 13.1 Å². The Kier molecular flexibility index (Phi) is 4.66. The molecule has 0 saturated heterocycles. The van der Waals surface area contributed by atoms with Gasteiger partial charge in [-0.1, -0.05) is 12.5 Å². The van der Waals surface area contributed by atoms with Gasteiger partial charge < -0.3 is 5.73 Å². The van der Waals surface area contributed by atoms with Gasteiger partial charge in [0.15, 0.2) is 11.6 Å².